The Morgan fingerprint density at radius 3 is 1.52 bits per heavy atom. The van der Waals surface area contributed by atoms with Crippen molar-refractivity contribution in [1.82, 2.24) is 4.90 Å². The minimum Gasteiger partial charge on any atom is -0.357 e. The Balaban J connectivity index is 2.20. The molecule has 2 aromatic rings. The van der Waals surface area contributed by atoms with Crippen LogP contribution >= 0.6 is 12.2 Å². The van der Waals surface area contributed by atoms with Crippen molar-refractivity contribution in [2.75, 3.05) is 0 Å². The Hall–Kier alpha value is -1.67. The molecule has 0 atom stereocenters. The van der Waals surface area contributed by atoms with Crippen LogP contribution in [-0.4, -0.2) is 9.89 Å². The largest absolute Gasteiger partial charge is 0.357 e. The molecule has 0 aliphatic rings. The first-order valence-electron chi connectivity index (χ1n) is 7.34. The van der Waals surface area contributed by atoms with Gasteiger partial charge in [-0.05, 0) is 11.1 Å². The predicted octanol–water partition coefficient (Wildman–Crippen LogP) is 5.06. The van der Waals surface area contributed by atoms with Crippen molar-refractivity contribution < 1.29 is 0 Å². The van der Waals surface area contributed by atoms with E-state index in [1.807, 2.05) is 12.1 Å². The van der Waals surface area contributed by atoms with Crippen molar-refractivity contribution in [2.45, 2.75) is 33.9 Å². The van der Waals surface area contributed by atoms with Crippen LogP contribution in [0, 0.1) is 5.41 Å². The van der Waals surface area contributed by atoms with E-state index in [0.29, 0.717) is 0 Å². The van der Waals surface area contributed by atoms with Gasteiger partial charge in [-0.15, -0.1) is 0 Å². The molecule has 0 amide bonds. The van der Waals surface area contributed by atoms with Crippen molar-refractivity contribution in [3.05, 3.63) is 71.8 Å². The maximum absolute atomic E-state index is 5.74. The third kappa shape index (κ3) is 4.68. The lowest BCUT2D eigenvalue weighted by Crippen LogP contribution is -2.37. The van der Waals surface area contributed by atoms with Gasteiger partial charge in [0.15, 0.2) is 0 Å². The Morgan fingerprint density at radius 2 is 1.19 bits per heavy atom. The Morgan fingerprint density at radius 1 is 0.810 bits per heavy atom. The maximum Gasteiger partial charge on any atom is 0.0839 e. The Labute approximate surface area is 133 Å². The minimum absolute atomic E-state index is 0.00110. The lowest BCUT2D eigenvalue weighted by molar-refractivity contribution is 0.367. The van der Waals surface area contributed by atoms with E-state index in [9.17, 15) is 0 Å². The summed E-state index contributed by atoms with van der Waals surface area (Å²) in [6.45, 7) is 8.24. The van der Waals surface area contributed by atoms with Gasteiger partial charge in [-0.25, -0.2) is 0 Å². The van der Waals surface area contributed by atoms with Gasteiger partial charge in [0, 0.05) is 18.5 Å². The van der Waals surface area contributed by atoms with Crippen molar-refractivity contribution in [3.8, 4) is 0 Å². The molecule has 0 saturated carbocycles. The van der Waals surface area contributed by atoms with Crippen LogP contribution < -0.4 is 0 Å². The average molecular weight is 297 g/mol. The quantitative estimate of drug-likeness (QED) is 0.725. The second-order valence-corrected chi connectivity index (χ2v) is 6.77. The highest BCUT2D eigenvalue weighted by Crippen LogP contribution is 2.22. The molecule has 2 aromatic carbocycles. The third-order valence-corrected chi connectivity index (χ3v) is 4.23. The van der Waals surface area contributed by atoms with Crippen molar-refractivity contribution in [3.63, 3.8) is 0 Å². The van der Waals surface area contributed by atoms with Crippen LogP contribution in [-0.2, 0) is 13.1 Å². The molecule has 1 nitrogen and oxygen atoms in total. The van der Waals surface area contributed by atoms with E-state index in [1.54, 1.807) is 0 Å². The molecule has 2 rings (SSSR count). The van der Waals surface area contributed by atoms with Crippen molar-refractivity contribution in [2.24, 2.45) is 5.41 Å². The van der Waals surface area contributed by atoms with Gasteiger partial charge in [-0.1, -0.05) is 93.7 Å². The van der Waals surface area contributed by atoms with Gasteiger partial charge < -0.3 is 4.90 Å². The van der Waals surface area contributed by atoms with E-state index in [4.69, 9.17) is 12.2 Å². The maximum atomic E-state index is 5.74. The first kappa shape index (κ1) is 15.7. The zero-order valence-electron chi connectivity index (χ0n) is 13.0. The lowest BCUT2D eigenvalue weighted by Gasteiger charge is -2.33. The van der Waals surface area contributed by atoms with E-state index in [1.165, 1.54) is 11.1 Å². The van der Waals surface area contributed by atoms with E-state index in [0.717, 1.165) is 18.1 Å². The highest BCUT2D eigenvalue weighted by Gasteiger charge is 2.23. The number of thiocarbonyl (C=S) groups is 1. The van der Waals surface area contributed by atoms with E-state index < -0.39 is 0 Å². The number of benzene rings is 2. The van der Waals surface area contributed by atoms with Crippen LogP contribution in [0.2, 0.25) is 0 Å². The van der Waals surface area contributed by atoms with Crippen molar-refractivity contribution >= 4 is 17.2 Å². The fourth-order valence-electron chi connectivity index (χ4n) is 2.28. The van der Waals surface area contributed by atoms with Crippen LogP contribution in [0.15, 0.2) is 60.7 Å². The van der Waals surface area contributed by atoms with Gasteiger partial charge in [0.05, 0.1) is 4.99 Å². The van der Waals surface area contributed by atoms with Crippen LogP contribution in [0.4, 0.5) is 0 Å². The van der Waals surface area contributed by atoms with Gasteiger partial charge >= 0.3 is 0 Å². The van der Waals surface area contributed by atoms with Gasteiger partial charge in [0.25, 0.3) is 0 Å². The predicted molar refractivity (Wildman–Crippen MR) is 94.2 cm³/mol. The number of nitrogens with zero attached hydrogens (tertiary/aromatic N) is 1. The molecule has 0 unspecified atom stereocenters. The fraction of sp³-hybridized carbons (Fsp3) is 0.316. The summed E-state index contributed by atoms with van der Waals surface area (Å²) in [6, 6.07) is 21.0. The summed E-state index contributed by atoms with van der Waals surface area (Å²) >= 11 is 5.74. The SMILES string of the molecule is CC(C)(C)C(=S)N(Cc1ccccc1)Cc1ccccc1. The van der Waals surface area contributed by atoms with Gasteiger partial charge in [0.1, 0.15) is 0 Å². The standard InChI is InChI=1S/C19H23NS/c1-19(2,3)18(21)20(14-16-10-6-4-7-11-16)15-17-12-8-5-9-13-17/h4-13H,14-15H2,1-3H3. The van der Waals surface area contributed by atoms with E-state index in [-0.39, 0.29) is 5.41 Å². The molecule has 0 radical (unpaired) electrons. The number of hydrogen-bond donors (Lipinski definition) is 0. The summed E-state index contributed by atoms with van der Waals surface area (Å²) in [6.07, 6.45) is 0. The molecular weight excluding hydrogens is 274 g/mol. The second kappa shape index (κ2) is 6.86. The summed E-state index contributed by atoms with van der Waals surface area (Å²) in [5.74, 6) is 0. The zero-order chi connectivity index (χ0) is 15.3. The molecule has 21 heavy (non-hydrogen) atoms. The van der Waals surface area contributed by atoms with Crippen LogP contribution in [0.5, 0.6) is 0 Å². The summed E-state index contributed by atoms with van der Waals surface area (Å²) in [5.41, 5.74) is 2.58. The van der Waals surface area contributed by atoms with E-state index >= 15 is 0 Å². The molecule has 0 aromatic heterocycles. The molecule has 0 saturated heterocycles. The normalized spacial score (nSPS) is 11.2. The van der Waals surface area contributed by atoms with Crippen LogP contribution in [0.3, 0.4) is 0 Å². The molecule has 0 fully saturated rings. The third-order valence-electron chi connectivity index (χ3n) is 3.36. The Kier molecular flexibility index (Phi) is 5.13. The topological polar surface area (TPSA) is 3.24 Å². The summed E-state index contributed by atoms with van der Waals surface area (Å²) in [5, 5.41) is 0. The van der Waals surface area contributed by atoms with Gasteiger partial charge in [-0.3, -0.25) is 0 Å². The zero-order valence-corrected chi connectivity index (χ0v) is 13.9. The molecule has 110 valence electrons. The first-order valence-corrected chi connectivity index (χ1v) is 7.75. The van der Waals surface area contributed by atoms with E-state index in [2.05, 4.69) is 74.2 Å². The first-order chi connectivity index (χ1) is 9.97. The van der Waals surface area contributed by atoms with Crippen LogP contribution in [0.25, 0.3) is 0 Å². The molecule has 0 N–H and O–H groups in total. The number of rotatable bonds is 4. The minimum atomic E-state index is -0.00110. The molecule has 0 aliphatic heterocycles. The highest BCUT2D eigenvalue weighted by atomic mass is 32.1. The highest BCUT2D eigenvalue weighted by molar-refractivity contribution is 7.80. The molecule has 0 spiro atoms. The Bertz CT molecular complexity index is 528. The second-order valence-electron chi connectivity index (χ2n) is 6.38. The molecule has 2 heteroatoms. The van der Waals surface area contributed by atoms with Gasteiger partial charge in [-0.2, -0.15) is 0 Å². The molecule has 0 aliphatic carbocycles. The number of hydrogen-bond acceptors (Lipinski definition) is 1. The molecule has 0 heterocycles. The van der Waals surface area contributed by atoms with Gasteiger partial charge in [0.2, 0.25) is 0 Å². The fourth-order valence-corrected chi connectivity index (χ4v) is 2.41. The monoisotopic (exact) mass is 297 g/mol. The van der Waals surface area contributed by atoms with Crippen molar-refractivity contribution in [1.29, 1.82) is 0 Å². The summed E-state index contributed by atoms with van der Waals surface area (Å²) in [4.78, 5) is 3.32. The molecular formula is C19H23NS. The average Bonchev–Trinajstić information content (AvgIpc) is 2.47. The summed E-state index contributed by atoms with van der Waals surface area (Å²) in [7, 11) is 0. The smallest absolute Gasteiger partial charge is 0.0839 e. The molecule has 0 bridgehead atoms. The summed E-state index contributed by atoms with van der Waals surface area (Å²) < 4.78 is 0. The lowest BCUT2D eigenvalue weighted by atomic mass is 9.95. The van der Waals surface area contributed by atoms with Crippen LogP contribution in [0.1, 0.15) is 31.9 Å².